The number of hydrogen-bond acceptors (Lipinski definition) is 2. The van der Waals surface area contributed by atoms with Crippen molar-refractivity contribution in [3.8, 4) is 0 Å². The van der Waals surface area contributed by atoms with Crippen LogP contribution in [0.2, 0.25) is 0 Å². The molecule has 1 rings (SSSR count). The van der Waals surface area contributed by atoms with Gasteiger partial charge < -0.3 is 5.11 Å². The minimum atomic E-state index is -0.726. The average molecular weight is 227 g/mol. The molecule has 94 valence electrons. The van der Waals surface area contributed by atoms with Crippen molar-refractivity contribution in [1.82, 2.24) is 4.90 Å². The van der Waals surface area contributed by atoms with E-state index in [1.807, 2.05) is 14.0 Å². The molecule has 3 heteroatoms. The number of likely N-dealkylation sites (N-methyl/N-ethyl adjacent to an activating group) is 1. The van der Waals surface area contributed by atoms with E-state index in [0.29, 0.717) is 24.3 Å². The van der Waals surface area contributed by atoms with E-state index in [1.54, 1.807) is 0 Å². The Bertz CT molecular complexity index is 261. The van der Waals surface area contributed by atoms with Gasteiger partial charge in [0.1, 0.15) is 5.54 Å². The molecule has 0 aromatic heterocycles. The summed E-state index contributed by atoms with van der Waals surface area (Å²) in [5.41, 5.74) is -0.726. The highest BCUT2D eigenvalue weighted by molar-refractivity contribution is 5.78. The van der Waals surface area contributed by atoms with Gasteiger partial charge >= 0.3 is 5.97 Å². The lowest BCUT2D eigenvalue weighted by Crippen LogP contribution is -2.55. The van der Waals surface area contributed by atoms with Crippen LogP contribution in [0.3, 0.4) is 0 Å². The molecule has 0 heterocycles. The summed E-state index contributed by atoms with van der Waals surface area (Å²) < 4.78 is 0. The maximum atomic E-state index is 11.5. The van der Waals surface area contributed by atoms with Crippen LogP contribution in [0.5, 0.6) is 0 Å². The topological polar surface area (TPSA) is 40.5 Å². The van der Waals surface area contributed by atoms with Gasteiger partial charge in [-0.15, -0.1) is 0 Å². The first-order chi connectivity index (χ1) is 7.29. The minimum absolute atomic E-state index is 0.375. The van der Waals surface area contributed by atoms with Crippen molar-refractivity contribution in [1.29, 1.82) is 0 Å². The van der Waals surface area contributed by atoms with E-state index in [0.717, 1.165) is 0 Å². The summed E-state index contributed by atoms with van der Waals surface area (Å²) in [6.45, 7) is 8.17. The molecule has 1 N–H and O–H groups in total. The highest BCUT2D eigenvalue weighted by atomic mass is 16.4. The summed E-state index contributed by atoms with van der Waals surface area (Å²) in [6.07, 6.45) is 3.21. The second-order valence-electron chi connectivity index (χ2n) is 5.87. The summed E-state index contributed by atoms with van der Waals surface area (Å²) in [5, 5.41) is 9.46. The normalized spacial score (nSPS) is 22.2. The van der Waals surface area contributed by atoms with Crippen LogP contribution in [0.15, 0.2) is 0 Å². The molecule has 3 nitrogen and oxygen atoms in total. The molecule has 0 aliphatic heterocycles. The lowest BCUT2D eigenvalue weighted by molar-refractivity contribution is -0.152. The molecule has 0 saturated heterocycles. The van der Waals surface area contributed by atoms with Crippen molar-refractivity contribution in [3.05, 3.63) is 0 Å². The number of nitrogens with zero attached hydrogens (tertiary/aromatic N) is 1. The molecule has 1 saturated carbocycles. The van der Waals surface area contributed by atoms with Gasteiger partial charge in [-0.05, 0) is 52.0 Å². The molecular weight excluding hydrogens is 202 g/mol. The molecule has 0 aromatic carbocycles. The SMILES string of the molecule is CC(C)CC(C)(C(=O)O)N(C)C(C)C1CC1. The van der Waals surface area contributed by atoms with Crippen molar-refractivity contribution in [2.75, 3.05) is 7.05 Å². The molecule has 1 fully saturated rings. The number of rotatable bonds is 6. The maximum Gasteiger partial charge on any atom is 0.323 e. The van der Waals surface area contributed by atoms with Crippen LogP contribution in [0.25, 0.3) is 0 Å². The van der Waals surface area contributed by atoms with Gasteiger partial charge in [0.15, 0.2) is 0 Å². The van der Waals surface area contributed by atoms with Gasteiger partial charge in [0.25, 0.3) is 0 Å². The fraction of sp³-hybridized carbons (Fsp3) is 0.923. The Morgan fingerprint density at radius 3 is 2.25 bits per heavy atom. The predicted molar refractivity (Wildman–Crippen MR) is 65.4 cm³/mol. The van der Waals surface area contributed by atoms with Crippen molar-refractivity contribution < 1.29 is 9.90 Å². The van der Waals surface area contributed by atoms with Crippen LogP contribution in [0, 0.1) is 11.8 Å². The summed E-state index contributed by atoms with van der Waals surface area (Å²) in [4.78, 5) is 13.6. The van der Waals surface area contributed by atoms with Crippen LogP contribution >= 0.6 is 0 Å². The van der Waals surface area contributed by atoms with Crippen molar-refractivity contribution in [2.45, 2.75) is 58.5 Å². The Balaban J connectivity index is 2.78. The summed E-state index contributed by atoms with van der Waals surface area (Å²) in [5.74, 6) is 0.405. The van der Waals surface area contributed by atoms with Crippen LogP contribution in [-0.2, 0) is 4.79 Å². The van der Waals surface area contributed by atoms with Gasteiger partial charge in [-0.3, -0.25) is 9.69 Å². The Hall–Kier alpha value is -0.570. The number of carboxylic acids is 1. The van der Waals surface area contributed by atoms with Gasteiger partial charge in [-0.25, -0.2) is 0 Å². The second kappa shape index (κ2) is 4.74. The number of carboxylic acid groups (broad SMARTS) is 1. The Morgan fingerprint density at radius 1 is 1.44 bits per heavy atom. The Labute approximate surface area is 98.8 Å². The smallest absolute Gasteiger partial charge is 0.323 e. The van der Waals surface area contributed by atoms with Crippen LogP contribution < -0.4 is 0 Å². The first-order valence-electron chi connectivity index (χ1n) is 6.25. The summed E-state index contributed by atoms with van der Waals surface area (Å²) >= 11 is 0. The van der Waals surface area contributed by atoms with E-state index in [4.69, 9.17) is 0 Å². The second-order valence-corrected chi connectivity index (χ2v) is 5.87. The van der Waals surface area contributed by atoms with Gasteiger partial charge in [-0.2, -0.15) is 0 Å². The minimum Gasteiger partial charge on any atom is -0.480 e. The third-order valence-electron chi connectivity index (χ3n) is 3.96. The quantitative estimate of drug-likeness (QED) is 0.758. The summed E-state index contributed by atoms with van der Waals surface area (Å²) in [7, 11) is 1.96. The standard InChI is InChI=1S/C13H25NO2/c1-9(2)8-13(4,12(15)16)14(5)10(3)11-6-7-11/h9-11H,6-8H2,1-5H3,(H,15,16). The van der Waals surface area contributed by atoms with Gasteiger partial charge in [0.2, 0.25) is 0 Å². The fourth-order valence-corrected chi connectivity index (χ4v) is 2.52. The lowest BCUT2D eigenvalue weighted by atomic mass is 9.88. The number of carbonyl (C=O) groups is 1. The van der Waals surface area contributed by atoms with Crippen LogP contribution in [0.1, 0.15) is 47.0 Å². The maximum absolute atomic E-state index is 11.5. The first kappa shape index (κ1) is 13.5. The molecule has 0 radical (unpaired) electrons. The zero-order valence-electron chi connectivity index (χ0n) is 11.2. The van der Waals surface area contributed by atoms with Crippen molar-refractivity contribution in [2.24, 2.45) is 11.8 Å². The third-order valence-corrected chi connectivity index (χ3v) is 3.96. The zero-order chi connectivity index (χ0) is 12.5. The number of aliphatic carboxylic acids is 1. The molecular formula is C13H25NO2. The Morgan fingerprint density at radius 2 is 1.94 bits per heavy atom. The highest BCUT2D eigenvalue weighted by Crippen LogP contribution is 2.38. The highest BCUT2D eigenvalue weighted by Gasteiger charge is 2.43. The van der Waals surface area contributed by atoms with E-state index in [-0.39, 0.29) is 0 Å². The van der Waals surface area contributed by atoms with Crippen molar-refractivity contribution >= 4 is 5.97 Å². The van der Waals surface area contributed by atoms with Crippen molar-refractivity contribution in [3.63, 3.8) is 0 Å². The monoisotopic (exact) mass is 227 g/mol. The zero-order valence-corrected chi connectivity index (χ0v) is 11.2. The molecule has 16 heavy (non-hydrogen) atoms. The van der Waals surface area contributed by atoms with Gasteiger partial charge in [-0.1, -0.05) is 13.8 Å². The lowest BCUT2D eigenvalue weighted by Gasteiger charge is -2.40. The third kappa shape index (κ3) is 2.76. The molecule has 1 aliphatic carbocycles. The van der Waals surface area contributed by atoms with E-state index < -0.39 is 11.5 Å². The first-order valence-corrected chi connectivity index (χ1v) is 6.25. The molecule has 1 aliphatic rings. The van der Waals surface area contributed by atoms with E-state index in [2.05, 4.69) is 25.7 Å². The molecule has 0 bridgehead atoms. The van der Waals surface area contributed by atoms with E-state index >= 15 is 0 Å². The van der Waals surface area contributed by atoms with Crippen LogP contribution in [0.4, 0.5) is 0 Å². The van der Waals surface area contributed by atoms with E-state index in [1.165, 1.54) is 12.8 Å². The molecule has 2 atom stereocenters. The van der Waals surface area contributed by atoms with E-state index in [9.17, 15) is 9.90 Å². The Kier molecular flexibility index (Phi) is 4.00. The fourth-order valence-electron chi connectivity index (χ4n) is 2.52. The molecule has 0 amide bonds. The number of hydrogen-bond donors (Lipinski definition) is 1. The summed E-state index contributed by atoms with van der Waals surface area (Å²) in [6, 6.07) is 0.375. The van der Waals surface area contributed by atoms with Gasteiger partial charge in [0.05, 0.1) is 0 Å². The molecule has 0 spiro atoms. The van der Waals surface area contributed by atoms with Crippen LogP contribution in [-0.4, -0.2) is 34.6 Å². The van der Waals surface area contributed by atoms with Gasteiger partial charge in [0, 0.05) is 6.04 Å². The predicted octanol–water partition coefficient (Wildman–Crippen LogP) is 2.61. The average Bonchev–Trinajstić information content (AvgIpc) is 2.97. The molecule has 0 aromatic rings. The molecule has 2 unspecified atom stereocenters. The largest absolute Gasteiger partial charge is 0.480 e.